The zero-order valence-electron chi connectivity index (χ0n) is 9.61. The molecule has 3 nitrogen and oxygen atoms in total. The lowest BCUT2D eigenvalue weighted by Crippen LogP contribution is -2.13. The maximum absolute atomic E-state index is 6.20. The molecule has 0 saturated heterocycles. The lowest BCUT2D eigenvalue weighted by atomic mass is 10.0. The van der Waals surface area contributed by atoms with Gasteiger partial charge in [-0.3, -0.25) is 4.68 Å². The Morgan fingerprint density at radius 1 is 1.29 bits per heavy atom. The van der Waals surface area contributed by atoms with Gasteiger partial charge in [0, 0.05) is 28.4 Å². The van der Waals surface area contributed by atoms with Crippen molar-refractivity contribution in [1.29, 1.82) is 0 Å². The topological polar surface area (TPSA) is 43.8 Å². The average molecular weight is 270 g/mol. The summed E-state index contributed by atoms with van der Waals surface area (Å²) in [6.07, 6.45) is 1.76. The molecule has 0 fully saturated rings. The Hall–Kier alpha value is -1.03. The van der Waals surface area contributed by atoms with Gasteiger partial charge in [0.15, 0.2) is 0 Å². The second-order valence-corrected chi connectivity index (χ2v) is 4.80. The highest BCUT2D eigenvalue weighted by atomic mass is 35.5. The van der Waals surface area contributed by atoms with E-state index in [0.717, 1.165) is 16.8 Å². The van der Waals surface area contributed by atoms with E-state index in [2.05, 4.69) is 5.10 Å². The summed E-state index contributed by atoms with van der Waals surface area (Å²) in [5, 5.41) is 5.42. The van der Waals surface area contributed by atoms with Crippen LogP contribution in [0.25, 0.3) is 0 Å². The number of hydrogen-bond acceptors (Lipinski definition) is 2. The zero-order chi connectivity index (χ0) is 12.6. The summed E-state index contributed by atoms with van der Waals surface area (Å²) in [6, 6.07) is 4.98. The molecule has 0 aliphatic rings. The standard InChI is InChI=1S/C12H13Cl2N3/c1-7-10(6-16-17(7)2)12(15)9-5-8(13)3-4-11(9)14/h3-6,12H,15H2,1-2H3. The lowest BCUT2D eigenvalue weighted by molar-refractivity contribution is 0.734. The van der Waals surface area contributed by atoms with Gasteiger partial charge in [-0.15, -0.1) is 0 Å². The highest BCUT2D eigenvalue weighted by molar-refractivity contribution is 6.33. The highest BCUT2D eigenvalue weighted by Crippen LogP contribution is 2.30. The summed E-state index contributed by atoms with van der Waals surface area (Å²) in [5.41, 5.74) is 9.00. The molecule has 2 N–H and O–H groups in total. The van der Waals surface area contributed by atoms with Gasteiger partial charge in [-0.2, -0.15) is 5.10 Å². The van der Waals surface area contributed by atoms with Crippen LogP contribution in [-0.2, 0) is 7.05 Å². The first-order valence-corrected chi connectivity index (χ1v) is 5.95. The molecule has 0 aliphatic heterocycles. The SMILES string of the molecule is Cc1c(C(N)c2cc(Cl)ccc2Cl)cnn1C. The van der Waals surface area contributed by atoms with Gasteiger partial charge in [-0.1, -0.05) is 23.2 Å². The van der Waals surface area contributed by atoms with Gasteiger partial charge < -0.3 is 5.73 Å². The Bertz CT molecular complexity index is 549. The van der Waals surface area contributed by atoms with Crippen LogP contribution in [0.15, 0.2) is 24.4 Å². The molecule has 1 heterocycles. The fourth-order valence-corrected chi connectivity index (χ4v) is 2.16. The van der Waals surface area contributed by atoms with Gasteiger partial charge >= 0.3 is 0 Å². The average Bonchev–Trinajstić information content (AvgIpc) is 2.62. The molecule has 0 amide bonds. The maximum atomic E-state index is 6.20. The van der Waals surface area contributed by atoms with Gasteiger partial charge in [-0.05, 0) is 30.7 Å². The van der Waals surface area contributed by atoms with E-state index in [1.165, 1.54) is 0 Å². The lowest BCUT2D eigenvalue weighted by Gasteiger charge is -2.14. The van der Waals surface area contributed by atoms with Crippen LogP contribution in [0.5, 0.6) is 0 Å². The number of rotatable bonds is 2. The maximum Gasteiger partial charge on any atom is 0.0600 e. The smallest absolute Gasteiger partial charge is 0.0600 e. The van der Waals surface area contributed by atoms with E-state index in [1.807, 2.05) is 14.0 Å². The van der Waals surface area contributed by atoms with Gasteiger partial charge in [0.25, 0.3) is 0 Å². The van der Waals surface area contributed by atoms with Crippen molar-refractivity contribution < 1.29 is 0 Å². The van der Waals surface area contributed by atoms with Crippen molar-refractivity contribution in [1.82, 2.24) is 9.78 Å². The van der Waals surface area contributed by atoms with Crippen LogP contribution in [0.4, 0.5) is 0 Å². The molecule has 2 aromatic rings. The molecule has 5 heteroatoms. The summed E-state index contributed by atoms with van der Waals surface area (Å²) in [4.78, 5) is 0. The molecule has 17 heavy (non-hydrogen) atoms. The quantitative estimate of drug-likeness (QED) is 0.911. The first kappa shape index (κ1) is 12.4. The third-order valence-electron chi connectivity index (χ3n) is 2.90. The number of halogens is 2. The van der Waals surface area contributed by atoms with Gasteiger partial charge in [0.1, 0.15) is 0 Å². The second kappa shape index (κ2) is 4.69. The van der Waals surface area contributed by atoms with Crippen LogP contribution >= 0.6 is 23.2 Å². The molecule has 90 valence electrons. The Kier molecular flexibility index (Phi) is 3.43. The summed E-state index contributed by atoms with van der Waals surface area (Å²) in [6.45, 7) is 1.97. The molecule has 0 radical (unpaired) electrons. The fourth-order valence-electron chi connectivity index (χ4n) is 1.74. The first-order valence-electron chi connectivity index (χ1n) is 5.19. The number of benzene rings is 1. The molecule has 1 unspecified atom stereocenters. The van der Waals surface area contributed by atoms with Gasteiger partial charge in [0.05, 0.1) is 12.2 Å². The van der Waals surface area contributed by atoms with Crippen LogP contribution in [0.3, 0.4) is 0 Å². The number of aryl methyl sites for hydroxylation is 1. The van der Waals surface area contributed by atoms with Crippen molar-refractivity contribution in [2.24, 2.45) is 12.8 Å². The zero-order valence-corrected chi connectivity index (χ0v) is 11.1. The van der Waals surface area contributed by atoms with E-state index in [4.69, 9.17) is 28.9 Å². The molecule has 2 rings (SSSR count). The minimum Gasteiger partial charge on any atom is -0.320 e. The normalized spacial score (nSPS) is 12.8. The number of nitrogens with zero attached hydrogens (tertiary/aromatic N) is 2. The third kappa shape index (κ3) is 2.32. The van der Waals surface area contributed by atoms with Crippen LogP contribution in [0, 0.1) is 6.92 Å². The van der Waals surface area contributed by atoms with Gasteiger partial charge in [-0.25, -0.2) is 0 Å². The number of nitrogens with two attached hydrogens (primary N) is 1. The Balaban J connectivity index is 2.47. The second-order valence-electron chi connectivity index (χ2n) is 3.95. The Morgan fingerprint density at radius 3 is 2.59 bits per heavy atom. The highest BCUT2D eigenvalue weighted by Gasteiger charge is 2.17. The van der Waals surface area contributed by atoms with Crippen molar-refractivity contribution in [3.05, 3.63) is 51.3 Å². The largest absolute Gasteiger partial charge is 0.320 e. The summed E-state index contributed by atoms with van der Waals surface area (Å²) >= 11 is 12.1. The van der Waals surface area contributed by atoms with Crippen LogP contribution < -0.4 is 5.73 Å². The Morgan fingerprint density at radius 2 is 2.00 bits per heavy atom. The minimum absolute atomic E-state index is 0.310. The Labute approximate surface area is 110 Å². The molecule has 1 aromatic carbocycles. The van der Waals surface area contributed by atoms with Crippen LogP contribution in [0.1, 0.15) is 22.9 Å². The molecule has 0 spiro atoms. The van der Waals surface area contributed by atoms with Gasteiger partial charge in [0.2, 0.25) is 0 Å². The van der Waals surface area contributed by atoms with E-state index in [-0.39, 0.29) is 6.04 Å². The summed E-state index contributed by atoms with van der Waals surface area (Å²) in [5.74, 6) is 0. The fraction of sp³-hybridized carbons (Fsp3) is 0.250. The first-order chi connectivity index (χ1) is 8.00. The van der Waals surface area contributed by atoms with Crippen molar-refractivity contribution >= 4 is 23.2 Å². The number of hydrogen-bond donors (Lipinski definition) is 1. The molecular weight excluding hydrogens is 257 g/mol. The van der Waals surface area contributed by atoms with E-state index < -0.39 is 0 Å². The van der Waals surface area contributed by atoms with E-state index in [9.17, 15) is 0 Å². The summed E-state index contributed by atoms with van der Waals surface area (Å²) < 4.78 is 1.79. The minimum atomic E-state index is -0.310. The molecule has 0 aliphatic carbocycles. The molecule has 1 aromatic heterocycles. The molecule has 0 bridgehead atoms. The van der Waals surface area contributed by atoms with Crippen molar-refractivity contribution in [3.63, 3.8) is 0 Å². The van der Waals surface area contributed by atoms with Crippen LogP contribution in [-0.4, -0.2) is 9.78 Å². The molecule has 1 atom stereocenters. The van der Waals surface area contributed by atoms with Crippen LogP contribution in [0.2, 0.25) is 10.0 Å². The third-order valence-corrected chi connectivity index (χ3v) is 3.48. The van der Waals surface area contributed by atoms with Crippen molar-refractivity contribution in [2.45, 2.75) is 13.0 Å². The van der Waals surface area contributed by atoms with Crippen molar-refractivity contribution in [2.75, 3.05) is 0 Å². The van der Waals surface area contributed by atoms with Crippen molar-refractivity contribution in [3.8, 4) is 0 Å². The predicted molar refractivity (Wildman–Crippen MR) is 70.4 cm³/mol. The van der Waals surface area contributed by atoms with E-state index >= 15 is 0 Å². The monoisotopic (exact) mass is 269 g/mol. The molecule has 0 saturated carbocycles. The summed E-state index contributed by atoms with van der Waals surface area (Å²) in [7, 11) is 1.88. The van der Waals surface area contributed by atoms with E-state index in [0.29, 0.717) is 10.0 Å². The molecular formula is C12H13Cl2N3. The number of aromatic nitrogens is 2. The predicted octanol–water partition coefficient (Wildman–Crippen LogP) is 3.08. The van der Waals surface area contributed by atoms with E-state index in [1.54, 1.807) is 29.1 Å².